The van der Waals surface area contributed by atoms with Crippen LogP contribution < -0.4 is 5.32 Å². The molecule has 1 amide bonds. The van der Waals surface area contributed by atoms with Gasteiger partial charge in [-0.05, 0) is 37.0 Å². The van der Waals surface area contributed by atoms with E-state index in [1.54, 1.807) is 19.1 Å². The van der Waals surface area contributed by atoms with Crippen molar-refractivity contribution in [1.82, 2.24) is 5.32 Å². The number of alkyl carbamates (subject to hydrolysis) is 1. The molecule has 0 saturated heterocycles. The fraction of sp³-hybridized carbons (Fsp3) is 0.462. The first-order chi connectivity index (χ1) is 9.03. The predicted octanol–water partition coefficient (Wildman–Crippen LogP) is 1.65. The zero-order valence-corrected chi connectivity index (χ0v) is 11.6. The Kier molecular flexibility index (Phi) is 4.09. The summed E-state index contributed by atoms with van der Waals surface area (Å²) < 4.78 is 28.5. The van der Waals surface area contributed by atoms with Crippen molar-refractivity contribution in [3.63, 3.8) is 0 Å². The smallest absolute Gasteiger partial charge is 0.407 e. The number of carbonyl (C=O) groups excluding carboxylic acids is 1. The lowest BCUT2D eigenvalue weighted by Gasteiger charge is -2.17. The molecule has 5 nitrogen and oxygen atoms in total. The molecule has 104 valence electrons. The van der Waals surface area contributed by atoms with E-state index >= 15 is 0 Å². The molecule has 0 aromatic heterocycles. The van der Waals surface area contributed by atoms with Crippen LogP contribution in [0.3, 0.4) is 0 Å². The van der Waals surface area contributed by atoms with Crippen molar-refractivity contribution in [3.8, 4) is 0 Å². The number of amides is 1. The molecule has 0 fully saturated rings. The van der Waals surface area contributed by atoms with Gasteiger partial charge in [-0.25, -0.2) is 13.2 Å². The number of carbonyl (C=O) groups is 1. The molecule has 0 unspecified atom stereocenters. The minimum atomic E-state index is -3.11. The quantitative estimate of drug-likeness (QED) is 0.915. The van der Waals surface area contributed by atoms with E-state index in [1.165, 1.54) is 0 Å². The van der Waals surface area contributed by atoms with E-state index in [1.807, 2.05) is 6.07 Å². The molecule has 2 rings (SSSR count). The number of hydrogen-bond donors (Lipinski definition) is 1. The molecule has 1 aliphatic rings. The number of aryl methyl sites for hydroxylation is 1. The van der Waals surface area contributed by atoms with Gasteiger partial charge in [-0.2, -0.15) is 0 Å². The van der Waals surface area contributed by atoms with Gasteiger partial charge in [0, 0.05) is 6.54 Å². The summed E-state index contributed by atoms with van der Waals surface area (Å²) in [7, 11) is -3.11. The van der Waals surface area contributed by atoms with Crippen LogP contribution in [0.15, 0.2) is 23.1 Å². The van der Waals surface area contributed by atoms with Gasteiger partial charge in [0.25, 0.3) is 0 Å². The van der Waals surface area contributed by atoms with E-state index in [-0.39, 0.29) is 5.75 Å². The Labute approximate surface area is 112 Å². The first-order valence-electron chi connectivity index (χ1n) is 6.28. The Balaban J connectivity index is 2.11. The molecule has 0 spiro atoms. The van der Waals surface area contributed by atoms with Crippen molar-refractivity contribution in [3.05, 3.63) is 29.3 Å². The Morgan fingerprint density at radius 2 is 2.21 bits per heavy atom. The third kappa shape index (κ3) is 3.26. The lowest BCUT2D eigenvalue weighted by molar-refractivity contribution is 0.151. The second-order valence-corrected chi connectivity index (χ2v) is 6.52. The van der Waals surface area contributed by atoms with E-state index in [0.717, 1.165) is 17.5 Å². The molecule has 1 N–H and O–H groups in total. The van der Waals surface area contributed by atoms with Crippen LogP contribution in [0.4, 0.5) is 4.79 Å². The molecule has 1 aromatic carbocycles. The molecule has 19 heavy (non-hydrogen) atoms. The van der Waals surface area contributed by atoms with Gasteiger partial charge in [0.1, 0.15) is 0 Å². The van der Waals surface area contributed by atoms with Gasteiger partial charge >= 0.3 is 6.09 Å². The summed E-state index contributed by atoms with van der Waals surface area (Å²) in [5.74, 6) is 0.223. The van der Waals surface area contributed by atoms with Crippen molar-refractivity contribution < 1.29 is 17.9 Å². The second-order valence-electron chi connectivity index (χ2n) is 4.44. The molecule has 6 heteroatoms. The van der Waals surface area contributed by atoms with Crippen LogP contribution >= 0.6 is 0 Å². The highest BCUT2D eigenvalue weighted by Gasteiger charge is 2.23. The fourth-order valence-corrected chi connectivity index (χ4v) is 3.74. The maximum Gasteiger partial charge on any atom is 0.407 e. The first kappa shape index (κ1) is 13.9. The van der Waals surface area contributed by atoms with Crippen molar-refractivity contribution in [2.45, 2.75) is 31.2 Å². The van der Waals surface area contributed by atoms with Crippen LogP contribution in [0.1, 0.15) is 24.5 Å². The van der Waals surface area contributed by atoms with Crippen molar-refractivity contribution in [2.75, 3.05) is 12.4 Å². The largest absolute Gasteiger partial charge is 0.450 e. The lowest BCUT2D eigenvalue weighted by atomic mass is 10.1. The Morgan fingerprint density at radius 3 is 2.95 bits per heavy atom. The monoisotopic (exact) mass is 283 g/mol. The number of fused-ring (bicyclic) bond motifs is 1. The summed E-state index contributed by atoms with van der Waals surface area (Å²) in [4.78, 5) is 11.6. The van der Waals surface area contributed by atoms with Gasteiger partial charge in [-0.1, -0.05) is 12.1 Å². The summed E-state index contributed by atoms with van der Waals surface area (Å²) in [5.41, 5.74) is 1.72. The van der Waals surface area contributed by atoms with Crippen LogP contribution in [0.5, 0.6) is 0 Å². The SMILES string of the molecule is CCOC(=O)NCc1ccc2c(c1)CCCS2(=O)=O. The number of sulfone groups is 1. The van der Waals surface area contributed by atoms with Crippen molar-refractivity contribution in [2.24, 2.45) is 0 Å². The fourth-order valence-electron chi connectivity index (χ4n) is 2.16. The lowest BCUT2D eigenvalue weighted by Crippen LogP contribution is -2.24. The average Bonchev–Trinajstić information content (AvgIpc) is 2.36. The maximum absolute atomic E-state index is 11.8. The summed E-state index contributed by atoms with van der Waals surface area (Å²) in [6.45, 7) is 2.41. The van der Waals surface area contributed by atoms with Crippen molar-refractivity contribution >= 4 is 15.9 Å². The molecule has 0 atom stereocenters. The number of nitrogens with one attached hydrogen (secondary N) is 1. The van der Waals surface area contributed by atoms with E-state index < -0.39 is 15.9 Å². The maximum atomic E-state index is 11.8. The third-order valence-electron chi connectivity index (χ3n) is 3.03. The second kappa shape index (κ2) is 5.61. The summed E-state index contributed by atoms with van der Waals surface area (Å²) >= 11 is 0. The number of rotatable bonds is 3. The van der Waals surface area contributed by atoms with E-state index in [0.29, 0.717) is 24.5 Å². The number of benzene rings is 1. The van der Waals surface area contributed by atoms with E-state index in [2.05, 4.69) is 5.32 Å². The summed E-state index contributed by atoms with van der Waals surface area (Å²) in [5, 5.41) is 2.62. The van der Waals surface area contributed by atoms with Crippen LogP contribution in [0.25, 0.3) is 0 Å². The molecule has 1 aromatic rings. The average molecular weight is 283 g/mol. The van der Waals surface area contributed by atoms with Gasteiger partial charge in [-0.3, -0.25) is 0 Å². The zero-order valence-electron chi connectivity index (χ0n) is 10.8. The Morgan fingerprint density at radius 1 is 1.42 bits per heavy atom. The predicted molar refractivity (Wildman–Crippen MR) is 70.7 cm³/mol. The van der Waals surface area contributed by atoms with Crippen LogP contribution in [0, 0.1) is 0 Å². The summed E-state index contributed by atoms with van der Waals surface area (Å²) in [6, 6.07) is 5.21. The van der Waals surface area contributed by atoms with Crippen LogP contribution in [0.2, 0.25) is 0 Å². The Hall–Kier alpha value is -1.56. The Bertz CT molecular complexity index is 580. The van der Waals surface area contributed by atoms with Crippen molar-refractivity contribution in [1.29, 1.82) is 0 Å². The van der Waals surface area contributed by atoms with Crippen LogP contribution in [-0.4, -0.2) is 26.9 Å². The number of ether oxygens (including phenoxy) is 1. The summed E-state index contributed by atoms with van der Waals surface area (Å²) in [6.07, 6.45) is 0.958. The normalized spacial score (nSPS) is 16.5. The first-order valence-corrected chi connectivity index (χ1v) is 7.93. The minimum absolute atomic E-state index is 0.223. The molecule has 0 saturated carbocycles. The molecule has 1 heterocycles. The highest BCUT2D eigenvalue weighted by Crippen LogP contribution is 2.25. The molecule has 0 aliphatic carbocycles. The molecular formula is C13H17NO4S. The minimum Gasteiger partial charge on any atom is -0.450 e. The van der Waals surface area contributed by atoms with Gasteiger partial charge in [0.2, 0.25) is 0 Å². The topological polar surface area (TPSA) is 72.5 Å². The zero-order chi connectivity index (χ0) is 13.9. The molecule has 1 aliphatic heterocycles. The van der Waals surface area contributed by atoms with Gasteiger partial charge in [0.15, 0.2) is 9.84 Å². The number of hydrogen-bond acceptors (Lipinski definition) is 4. The molecular weight excluding hydrogens is 266 g/mol. The third-order valence-corrected chi connectivity index (χ3v) is 4.93. The highest BCUT2D eigenvalue weighted by molar-refractivity contribution is 7.91. The standard InChI is InChI=1S/C13H17NO4S/c1-2-18-13(15)14-9-10-5-6-12-11(8-10)4-3-7-19(12,16)17/h5-6,8H,2-4,7,9H2,1H3,(H,14,15). The molecule has 0 radical (unpaired) electrons. The van der Waals surface area contributed by atoms with E-state index in [9.17, 15) is 13.2 Å². The molecule has 0 bridgehead atoms. The van der Waals surface area contributed by atoms with Gasteiger partial charge in [0.05, 0.1) is 17.3 Å². The van der Waals surface area contributed by atoms with Gasteiger partial charge in [-0.15, -0.1) is 0 Å². The van der Waals surface area contributed by atoms with E-state index in [4.69, 9.17) is 4.74 Å². The highest BCUT2D eigenvalue weighted by atomic mass is 32.2. The van der Waals surface area contributed by atoms with Gasteiger partial charge < -0.3 is 10.1 Å². The van der Waals surface area contributed by atoms with Crippen LogP contribution in [-0.2, 0) is 27.5 Å².